The van der Waals surface area contributed by atoms with E-state index in [2.05, 4.69) is 27.2 Å². The fourth-order valence-electron chi connectivity index (χ4n) is 3.44. The molecule has 1 aliphatic rings. The van der Waals surface area contributed by atoms with Crippen molar-refractivity contribution in [2.45, 2.75) is 52.0 Å². The lowest BCUT2D eigenvalue weighted by molar-refractivity contribution is 0.0689. The second kappa shape index (κ2) is 9.66. The van der Waals surface area contributed by atoms with Crippen LogP contribution < -0.4 is 10.2 Å². The average Bonchev–Trinajstić information content (AvgIpc) is 3.00. The predicted octanol–water partition coefficient (Wildman–Crippen LogP) is 3.86. The minimum atomic E-state index is -1.06. The zero-order chi connectivity index (χ0) is 21.8. The normalized spacial score (nSPS) is 14.7. The van der Waals surface area contributed by atoms with E-state index < -0.39 is 5.97 Å². The molecule has 0 atom stereocenters. The summed E-state index contributed by atoms with van der Waals surface area (Å²) in [7, 11) is 0. The lowest BCUT2D eigenvalue weighted by Crippen LogP contribution is -2.45. The molecule has 8 nitrogen and oxygen atoms in total. The first-order chi connectivity index (χ1) is 14.3. The number of hydrogen-bond acceptors (Lipinski definition) is 5. The first kappa shape index (κ1) is 22.4. The number of carbonyl (C=O) groups excluding carboxylic acids is 1. The van der Waals surface area contributed by atoms with Gasteiger partial charge in [0.05, 0.1) is 10.0 Å². The van der Waals surface area contributed by atoms with E-state index >= 15 is 0 Å². The van der Waals surface area contributed by atoms with Crippen molar-refractivity contribution in [3.63, 3.8) is 0 Å². The summed E-state index contributed by atoms with van der Waals surface area (Å²) in [5.41, 5.74) is 0.928. The molecule has 0 radical (unpaired) electrons. The molecule has 0 aliphatic carbocycles. The van der Waals surface area contributed by atoms with Gasteiger partial charge in [0.25, 0.3) is 5.91 Å². The topological polar surface area (TPSA) is 111 Å². The number of carboxylic acids is 1. The van der Waals surface area contributed by atoms with Gasteiger partial charge in [0.2, 0.25) is 0 Å². The van der Waals surface area contributed by atoms with E-state index in [1.54, 1.807) is 6.92 Å². The van der Waals surface area contributed by atoms with Gasteiger partial charge in [-0.3, -0.25) is 4.79 Å². The molecule has 3 N–H and O–H groups in total. The molecule has 10 heteroatoms. The number of amides is 1. The summed E-state index contributed by atoms with van der Waals surface area (Å²) in [6.45, 7) is 5.11. The molecule has 0 bridgehead atoms. The van der Waals surface area contributed by atoms with Crippen molar-refractivity contribution in [2.24, 2.45) is 0 Å². The van der Waals surface area contributed by atoms with E-state index in [4.69, 9.17) is 23.2 Å². The predicted molar refractivity (Wildman–Crippen MR) is 116 cm³/mol. The first-order valence-corrected chi connectivity index (χ1v) is 10.8. The number of carbonyl (C=O) groups is 2. The van der Waals surface area contributed by atoms with Gasteiger partial charge in [-0.25, -0.2) is 14.8 Å². The molecule has 0 saturated carbocycles. The lowest BCUT2D eigenvalue weighted by Gasteiger charge is -2.33. The molecule has 2 aromatic heterocycles. The monoisotopic (exact) mass is 453 g/mol. The summed E-state index contributed by atoms with van der Waals surface area (Å²) in [5, 5.41) is 12.9. The number of aromatic amines is 1. The van der Waals surface area contributed by atoms with Gasteiger partial charge in [0.1, 0.15) is 17.3 Å². The second-order valence-corrected chi connectivity index (χ2v) is 8.18. The van der Waals surface area contributed by atoms with Crippen LogP contribution in [0.1, 0.15) is 65.1 Å². The zero-order valence-corrected chi connectivity index (χ0v) is 18.5. The molecule has 1 saturated heterocycles. The largest absolute Gasteiger partial charge is 0.477 e. The number of hydrogen-bond donors (Lipinski definition) is 3. The molecular weight excluding hydrogens is 429 g/mol. The Kier molecular flexibility index (Phi) is 7.20. The van der Waals surface area contributed by atoms with Crippen molar-refractivity contribution in [1.29, 1.82) is 0 Å². The Morgan fingerprint density at radius 3 is 2.53 bits per heavy atom. The molecule has 0 unspecified atom stereocenters. The molecule has 30 heavy (non-hydrogen) atoms. The van der Waals surface area contributed by atoms with Crippen LogP contribution >= 0.6 is 23.2 Å². The standard InChI is InChI=1S/C20H25Cl2N5O3/c1-3-4-5-14-25-13(20(29)30)10-15(26-14)27-8-6-12(7-9-27)24-19(28)18-17(22)16(21)11(2)23-18/h10,12,23H,3-9H2,1-2H3,(H,24,28)(H,29,30). The molecule has 0 aromatic carbocycles. The Morgan fingerprint density at radius 1 is 1.27 bits per heavy atom. The Labute approximate surface area is 185 Å². The Balaban J connectivity index is 1.65. The second-order valence-electron chi connectivity index (χ2n) is 7.42. The maximum Gasteiger partial charge on any atom is 0.354 e. The molecule has 3 heterocycles. The van der Waals surface area contributed by atoms with Gasteiger partial charge < -0.3 is 20.3 Å². The number of aromatic carboxylic acids is 1. The number of piperidine rings is 1. The van der Waals surface area contributed by atoms with Gasteiger partial charge in [-0.1, -0.05) is 36.5 Å². The minimum Gasteiger partial charge on any atom is -0.477 e. The van der Waals surface area contributed by atoms with E-state index in [1.165, 1.54) is 6.07 Å². The summed E-state index contributed by atoms with van der Waals surface area (Å²) < 4.78 is 0. The summed E-state index contributed by atoms with van der Waals surface area (Å²) in [6.07, 6.45) is 3.94. The molecule has 0 spiro atoms. The number of halogens is 2. The van der Waals surface area contributed by atoms with Crippen LogP contribution in [0, 0.1) is 6.92 Å². The maximum absolute atomic E-state index is 12.5. The number of carboxylic acid groups (broad SMARTS) is 1. The summed E-state index contributed by atoms with van der Waals surface area (Å²) in [4.78, 5) is 37.6. The molecule has 3 rings (SSSR count). The highest BCUT2D eigenvalue weighted by molar-refractivity contribution is 6.44. The van der Waals surface area contributed by atoms with E-state index in [0.717, 1.165) is 12.8 Å². The van der Waals surface area contributed by atoms with Crippen LogP contribution in [0.15, 0.2) is 6.07 Å². The lowest BCUT2D eigenvalue weighted by atomic mass is 10.0. The van der Waals surface area contributed by atoms with Gasteiger partial charge in [-0.2, -0.15) is 0 Å². The van der Waals surface area contributed by atoms with Crippen molar-refractivity contribution in [3.8, 4) is 0 Å². The number of aryl methyl sites for hydroxylation is 2. The fourth-order valence-corrected chi connectivity index (χ4v) is 3.86. The molecule has 162 valence electrons. The molecule has 1 aliphatic heterocycles. The molecule has 2 aromatic rings. The van der Waals surface area contributed by atoms with Crippen molar-refractivity contribution in [1.82, 2.24) is 20.3 Å². The Hall–Kier alpha value is -2.32. The van der Waals surface area contributed by atoms with E-state index in [0.29, 0.717) is 54.7 Å². The van der Waals surface area contributed by atoms with Crippen LogP contribution in [-0.2, 0) is 6.42 Å². The average molecular weight is 454 g/mol. The van der Waals surface area contributed by atoms with Gasteiger partial charge in [0.15, 0.2) is 5.69 Å². The van der Waals surface area contributed by atoms with Crippen molar-refractivity contribution < 1.29 is 14.7 Å². The zero-order valence-electron chi connectivity index (χ0n) is 17.0. The van der Waals surface area contributed by atoms with Crippen LogP contribution in [-0.4, -0.2) is 51.1 Å². The fraction of sp³-hybridized carbons (Fsp3) is 0.500. The van der Waals surface area contributed by atoms with E-state index in [1.807, 2.05) is 4.90 Å². The third-order valence-corrected chi connectivity index (χ3v) is 6.11. The van der Waals surface area contributed by atoms with Gasteiger partial charge >= 0.3 is 5.97 Å². The summed E-state index contributed by atoms with van der Waals surface area (Å²) in [5.74, 6) is -0.176. The SMILES string of the molecule is CCCCc1nc(C(=O)O)cc(N2CCC(NC(=O)c3[nH]c(C)c(Cl)c3Cl)CC2)n1. The van der Waals surface area contributed by atoms with Crippen LogP contribution in [0.25, 0.3) is 0 Å². The van der Waals surface area contributed by atoms with Gasteiger partial charge in [-0.15, -0.1) is 0 Å². The van der Waals surface area contributed by atoms with E-state index in [9.17, 15) is 14.7 Å². The number of H-pyrrole nitrogens is 1. The van der Waals surface area contributed by atoms with Crippen molar-refractivity contribution >= 4 is 40.9 Å². The van der Waals surface area contributed by atoms with Gasteiger partial charge in [0, 0.05) is 37.3 Å². The Bertz CT molecular complexity index is 939. The highest BCUT2D eigenvalue weighted by Gasteiger charge is 2.25. The van der Waals surface area contributed by atoms with Crippen LogP contribution in [0.2, 0.25) is 10.0 Å². The molecule has 1 fully saturated rings. The smallest absolute Gasteiger partial charge is 0.354 e. The van der Waals surface area contributed by atoms with Crippen LogP contribution in [0.5, 0.6) is 0 Å². The van der Waals surface area contributed by atoms with Crippen molar-refractivity contribution in [2.75, 3.05) is 18.0 Å². The summed E-state index contributed by atoms with van der Waals surface area (Å²) >= 11 is 12.2. The quantitative estimate of drug-likeness (QED) is 0.586. The third kappa shape index (κ3) is 5.05. The minimum absolute atomic E-state index is 0.00941. The van der Waals surface area contributed by atoms with Crippen LogP contribution in [0.4, 0.5) is 5.82 Å². The number of rotatable bonds is 7. The first-order valence-electron chi connectivity index (χ1n) is 10.0. The number of anilines is 1. The van der Waals surface area contributed by atoms with Crippen molar-refractivity contribution in [3.05, 3.63) is 39.0 Å². The highest BCUT2D eigenvalue weighted by Crippen LogP contribution is 2.29. The molecular formula is C20H25Cl2N5O3. The molecule has 1 amide bonds. The Morgan fingerprint density at radius 2 is 1.97 bits per heavy atom. The van der Waals surface area contributed by atoms with Crippen LogP contribution in [0.3, 0.4) is 0 Å². The number of nitrogens with one attached hydrogen (secondary N) is 2. The summed E-state index contributed by atoms with van der Waals surface area (Å²) in [6, 6.07) is 1.49. The highest BCUT2D eigenvalue weighted by atomic mass is 35.5. The number of aromatic nitrogens is 3. The third-order valence-electron chi connectivity index (χ3n) is 5.17. The maximum atomic E-state index is 12.5. The van der Waals surface area contributed by atoms with E-state index in [-0.39, 0.29) is 28.4 Å². The number of unbranched alkanes of at least 4 members (excludes halogenated alkanes) is 1. The number of nitrogens with zero attached hydrogens (tertiary/aromatic N) is 3. The van der Waals surface area contributed by atoms with Gasteiger partial charge in [-0.05, 0) is 26.2 Å².